The molecule has 0 aliphatic carbocycles. The first-order chi connectivity index (χ1) is 17.4. The number of hydrogen-bond acceptors (Lipinski definition) is 10. The standard InChI is InChI=1S/C27H41NO10/c1-9-21(29)36-16(2)12-18(22(28)23(30)31)17-10-11-19(37-24(32)34-14-26(3,4)5)20(13-17)38-25(33)35-15-27(6,7)8/h10-11,13,16,18,22H,9,12,14-15,28H2,1-8H3,(H,30,31)/t16?,18?,22-/m0/s1. The third-order valence-electron chi connectivity index (χ3n) is 4.95. The monoisotopic (exact) mass is 539 g/mol. The highest BCUT2D eigenvalue weighted by atomic mass is 16.7. The fraction of sp³-hybridized carbons (Fsp3) is 0.630. The van der Waals surface area contributed by atoms with Crippen LogP contribution in [0.25, 0.3) is 0 Å². The Hall–Kier alpha value is -3.34. The van der Waals surface area contributed by atoms with Crippen LogP contribution in [-0.2, 0) is 23.8 Å². The molecule has 0 aromatic heterocycles. The van der Waals surface area contributed by atoms with Crippen molar-refractivity contribution in [3.05, 3.63) is 23.8 Å². The first-order valence-corrected chi connectivity index (χ1v) is 12.4. The van der Waals surface area contributed by atoms with Crippen molar-refractivity contribution in [2.45, 2.75) is 86.3 Å². The first kappa shape index (κ1) is 32.7. The molecule has 3 N–H and O–H groups in total. The fourth-order valence-corrected chi connectivity index (χ4v) is 3.08. The minimum absolute atomic E-state index is 0.0577. The van der Waals surface area contributed by atoms with Crippen LogP contribution in [0.5, 0.6) is 11.5 Å². The van der Waals surface area contributed by atoms with E-state index in [1.54, 1.807) is 13.8 Å². The van der Waals surface area contributed by atoms with Crippen LogP contribution in [0, 0.1) is 10.8 Å². The van der Waals surface area contributed by atoms with Crippen LogP contribution in [0.15, 0.2) is 18.2 Å². The zero-order valence-corrected chi connectivity index (χ0v) is 23.5. The molecule has 0 bridgehead atoms. The molecule has 0 saturated carbocycles. The van der Waals surface area contributed by atoms with E-state index >= 15 is 0 Å². The maximum Gasteiger partial charge on any atom is 0.513 e. The van der Waals surface area contributed by atoms with Crippen LogP contribution in [0.3, 0.4) is 0 Å². The predicted octanol–water partition coefficient (Wildman–Crippen LogP) is 5.04. The largest absolute Gasteiger partial charge is 0.513 e. The van der Waals surface area contributed by atoms with Gasteiger partial charge in [-0.2, -0.15) is 0 Å². The van der Waals surface area contributed by atoms with Gasteiger partial charge in [0.2, 0.25) is 0 Å². The molecular formula is C27H41NO10. The summed E-state index contributed by atoms with van der Waals surface area (Å²) in [4.78, 5) is 48.2. The molecule has 0 amide bonds. The maximum atomic E-state index is 12.4. The molecule has 0 radical (unpaired) electrons. The van der Waals surface area contributed by atoms with E-state index in [0.717, 1.165) is 0 Å². The van der Waals surface area contributed by atoms with E-state index in [1.165, 1.54) is 18.2 Å². The Balaban J connectivity index is 3.34. The first-order valence-electron chi connectivity index (χ1n) is 12.4. The third-order valence-corrected chi connectivity index (χ3v) is 4.95. The van der Waals surface area contributed by atoms with E-state index < -0.39 is 42.3 Å². The molecule has 0 spiro atoms. The van der Waals surface area contributed by atoms with Gasteiger partial charge < -0.3 is 34.5 Å². The van der Waals surface area contributed by atoms with Gasteiger partial charge in [0.15, 0.2) is 11.5 Å². The molecule has 1 rings (SSSR count). The lowest BCUT2D eigenvalue weighted by atomic mass is 9.87. The maximum absolute atomic E-state index is 12.4. The van der Waals surface area contributed by atoms with Crippen molar-refractivity contribution in [1.82, 2.24) is 0 Å². The van der Waals surface area contributed by atoms with Gasteiger partial charge in [0.05, 0.1) is 19.3 Å². The molecule has 1 aromatic rings. The van der Waals surface area contributed by atoms with Gasteiger partial charge in [-0.3, -0.25) is 9.59 Å². The average molecular weight is 540 g/mol. The minimum Gasteiger partial charge on any atom is -0.480 e. The van der Waals surface area contributed by atoms with Gasteiger partial charge in [-0.05, 0) is 41.9 Å². The van der Waals surface area contributed by atoms with Gasteiger partial charge in [0.1, 0.15) is 6.04 Å². The lowest BCUT2D eigenvalue weighted by Crippen LogP contribution is -2.38. The summed E-state index contributed by atoms with van der Waals surface area (Å²) >= 11 is 0. The van der Waals surface area contributed by atoms with Gasteiger partial charge in [-0.1, -0.05) is 54.5 Å². The van der Waals surface area contributed by atoms with Crippen molar-refractivity contribution in [3.8, 4) is 11.5 Å². The van der Waals surface area contributed by atoms with Crippen LogP contribution in [-0.4, -0.2) is 54.7 Å². The quantitative estimate of drug-likeness (QED) is 0.220. The number of aliphatic carboxylic acids is 1. The molecular weight excluding hydrogens is 498 g/mol. The van der Waals surface area contributed by atoms with E-state index in [4.69, 9.17) is 29.4 Å². The van der Waals surface area contributed by atoms with E-state index in [0.29, 0.717) is 5.56 Å². The van der Waals surface area contributed by atoms with Gasteiger partial charge in [-0.25, -0.2) is 9.59 Å². The molecule has 0 heterocycles. The topological polar surface area (TPSA) is 161 Å². The molecule has 0 fully saturated rings. The molecule has 0 aliphatic heterocycles. The fourth-order valence-electron chi connectivity index (χ4n) is 3.08. The second-order valence-electron chi connectivity index (χ2n) is 11.5. The number of ether oxygens (including phenoxy) is 5. The highest BCUT2D eigenvalue weighted by molar-refractivity contribution is 5.75. The Bertz CT molecular complexity index is 977. The van der Waals surface area contributed by atoms with Crippen LogP contribution >= 0.6 is 0 Å². The number of carboxylic acid groups (broad SMARTS) is 1. The summed E-state index contributed by atoms with van der Waals surface area (Å²) in [5.41, 5.74) is 5.69. The Kier molecular flexibility index (Phi) is 12.0. The number of carbonyl (C=O) groups is 4. The minimum atomic E-state index is -1.37. The number of nitrogens with two attached hydrogens (primary N) is 1. The Morgan fingerprint density at radius 1 is 0.895 bits per heavy atom. The number of esters is 1. The molecule has 11 heteroatoms. The van der Waals surface area contributed by atoms with Crippen LogP contribution in [0.1, 0.15) is 79.7 Å². The van der Waals surface area contributed by atoms with Crippen molar-refractivity contribution in [2.75, 3.05) is 13.2 Å². The summed E-state index contributed by atoms with van der Waals surface area (Å²) in [6.07, 6.45) is -2.48. The lowest BCUT2D eigenvalue weighted by Gasteiger charge is -2.25. The number of hydrogen-bond donors (Lipinski definition) is 2. The van der Waals surface area contributed by atoms with Gasteiger partial charge in [0.25, 0.3) is 0 Å². The number of rotatable bonds is 11. The molecule has 0 saturated heterocycles. The van der Waals surface area contributed by atoms with Gasteiger partial charge in [0, 0.05) is 12.3 Å². The zero-order valence-electron chi connectivity index (χ0n) is 23.5. The summed E-state index contributed by atoms with van der Waals surface area (Å²) in [6.45, 7) is 14.6. The third kappa shape index (κ3) is 12.3. The molecule has 214 valence electrons. The van der Waals surface area contributed by atoms with Crippen molar-refractivity contribution < 1.29 is 48.0 Å². The van der Waals surface area contributed by atoms with Crippen LogP contribution in [0.2, 0.25) is 0 Å². The second-order valence-corrected chi connectivity index (χ2v) is 11.5. The Labute approximate surface area is 223 Å². The number of carboxylic acids is 1. The van der Waals surface area contributed by atoms with Crippen molar-refractivity contribution in [2.24, 2.45) is 16.6 Å². The number of carbonyl (C=O) groups excluding carboxylic acids is 3. The summed E-state index contributed by atoms with van der Waals surface area (Å²) in [5.74, 6) is -2.91. The van der Waals surface area contributed by atoms with Gasteiger partial charge >= 0.3 is 24.2 Å². The van der Waals surface area contributed by atoms with Crippen LogP contribution in [0.4, 0.5) is 9.59 Å². The predicted molar refractivity (Wildman–Crippen MR) is 138 cm³/mol. The Morgan fingerprint density at radius 2 is 1.39 bits per heavy atom. The van der Waals surface area contributed by atoms with Crippen molar-refractivity contribution in [1.29, 1.82) is 0 Å². The van der Waals surface area contributed by atoms with E-state index in [1.807, 2.05) is 41.5 Å². The molecule has 11 nitrogen and oxygen atoms in total. The van der Waals surface area contributed by atoms with Crippen molar-refractivity contribution in [3.63, 3.8) is 0 Å². The molecule has 2 unspecified atom stereocenters. The summed E-state index contributed by atoms with van der Waals surface area (Å²) < 4.78 is 26.2. The van der Waals surface area contributed by atoms with E-state index in [2.05, 4.69) is 0 Å². The van der Waals surface area contributed by atoms with Crippen molar-refractivity contribution >= 4 is 24.2 Å². The Morgan fingerprint density at radius 3 is 1.84 bits per heavy atom. The van der Waals surface area contributed by atoms with Gasteiger partial charge in [-0.15, -0.1) is 0 Å². The number of benzene rings is 1. The summed E-state index contributed by atoms with van der Waals surface area (Å²) in [7, 11) is 0. The highest BCUT2D eigenvalue weighted by Gasteiger charge is 2.30. The van der Waals surface area contributed by atoms with Crippen LogP contribution < -0.4 is 15.2 Å². The van der Waals surface area contributed by atoms with E-state index in [9.17, 15) is 24.3 Å². The van der Waals surface area contributed by atoms with E-state index in [-0.39, 0.29) is 48.4 Å². The highest BCUT2D eigenvalue weighted by Crippen LogP contribution is 2.35. The zero-order chi connectivity index (χ0) is 29.3. The molecule has 38 heavy (non-hydrogen) atoms. The normalized spacial score (nSPS) is 14.0. The molecule has 3 atom stereocenters. The molecule has 1 aromatic carbocycles. The average Bonchev–Trinajstić information content (AvgIpc) is 2.79. The SMILES string of the molecule is CCC(=O)OC(C)CC(c1ccc(OC(=O)OCC(C)(C)C)c(OC(=O)OCC(C)(C)C)c1)[C@H](N)C(=O)O. The summed E-state index contributed by atoms with van der Waals surface area (Å²) in [6, 6.07) is 2.79. The smallest absolute Gasteiger partial charge is 0.480 e. The summed E-state index contributed by atoms with van der Waals surface area (Å²) in [5, 5.41) is 9.59. The second kappa shape index (κ2) is 14.0. The molecule has 0 aliphatic rings. The lowest BCUT2D eigenvalue weighted by molar-refractivity contribution is -0.148.